The smallest absolute Gasteiger partial charge is 0.227 e. The molecule has 0 aromatic carbocycles. The van der Waals surface area contributed by atoms with Gasteiger partial charge in [-0.15, -0.1) is 0 Å². The molecule has 0 aliphatic carbocycles. The van der Waals surface area contributed by atoms with Gasteiger partial charge in [0.1, 0.15) is 0 Å². The Kier molecular flexibility index (Phi) is 5.64. The van der Waals surface area contributed by atoms with E-state index in [0.29, 0.717) is 18.5 Å². The minimum atomic E-state index is 0.0438. The van der Waals surface area contributed by atoms with E-state index in [1.165, 1.54) is 32.4 Å². The van der Waals surface area contributed by atoms with Crippen LogP contribution in [-0.2, 0) is 4.79 Å². The van der Waals surface area contributed by atoms with E-state index in [1.807, 2.05) is 0 Å². The van der Waals surface area contributed by atoms with Crippen molar-refractivity contribution in [3.05, 3.63) is 0 Å². The lowest BCUT2D eigenvalue weighted by molar-refractivity contribution is -0.137. The Morgan fingerprint density at radius 3 is 2.63 bits per heavy atom. The van der Waals surface area contributed by atoms with E-state index in [1.54, 1.807) is 0 Å². The van der Waals surface area contributed by atoms with Crippen molar-refractivity contribution in [1.29, 1.82) is 0 Å². The molecule has 110 valence electrons. The van der Waals surface area contributed by atoms with Gasteiger partial charge in [0.25, 0.3) is 0 Å². The molecule has 2 saturated heterocycles. The Morgan fingerprint density at radius 2 is 2.00 bits per heavy atom. The summed E-state index contributed by atoms with van der Waals surface area (Å²) < 4.78 is 0. The standard InChI is InChI=1S/C15H29N3O/c1-2-6-13(11-16)15(19)18-10-5-7-14(12-18)17-8-3-4-9-17/h13-14H,2-12,16H2,1H3. The van der Waals surface area contributed by atoms with E-state index in [-0.39, 0.29) is 5.92 Å². The largest absolute Gasteiger partial charge is 0.341 e. The average molecular weight is 267 g/mol. The van der Waals surface area contributed by atoms with Crippen molar-refractivity contribution in [2.24, 2.45) is 11.7 Å². The van der Waals surface area contributed by atoms with Gasteiger partial charge in [-0.1, -0.05) is 13.3 Å². The van der Waals surface area contributed by atoms with Gasteiger partial charge in [0.2, 0.25) is 5.91 Å². The lowest BCUT2D eigenvalue weighted by atomic mass is 9.98. The predicted molar refractivity (Wildman–Crippen MR) is 77.9 cm³/mol. The van der Waals surface area contributed by atoms with Crippen LogP contribution in [0.25, 0.3) is 0 Å². The summed E-state index contributed by atoms with van der Waals surface area (Å²) in [5.41, 5.74) is 5.77. The molecule has 0 saturated carbocycles. The zero-order chi connectivity index (χ0) is 13.7. The van der Waals surface area contributed by atoms with Crippen molar-refractivity contribution in [2.45, 2.75) is 51.5 Å². The Hall–Kier alpha value is -0.610. The first-order chi connectivity index (χ1) is 9.26. The number of hydrogen-bond donors (Lipinski definition) is 1. The maximum Gasteiger partial charge on any atom is 0.227 e. The molecule has 0 aromatic rings. The summed E-state index contributed by atoms with van der Waals surface area (Å²) in [7, 11) is 0. The second kappa shape index (κ2) is 7.25. The number of nitrogens with two attached hydrogens (primary N) is 1. The van der Waals surface area contributed by atoms with E-state index in [2.05, 4.69) is 16.7 Å². The van der Waals surface area contributed by atoms with Crippen LogP contribution in [0, 0.1) is 5.92 Å². The second-order valence-electron chi connectivity index (χ2n) is 6.04. The quantitative estimate of drug-likeness (QED) is 0.820. The maximum atomic E-state index is 12.5. The van der Waals surface area contributed by atoms with Crippen LogP contribution in [0.15, 0.2) is 0 Å². The Balaban J connectivity index is 1.90. The molecule has 4 heteroatoms. The van der Waals surface area contributed by atoms with Crippen LogP contribution in [0.4, 0.5) is 0 Å². The summed E-state index contributed by atoms with van der Waals surface area (Å²) in [5, 5.41) is 0. The number of amides is 1. The molecule has 2 aliphatic rings. The Morgan fingerprint density at radius 1 is 1.26 bits per heavy atom. The molecule has 4 nitrogen and oxygen atoms in total. The van der Waals surface area contributed by atoms with Gasteiger partial charge >= 0.3 is 0 Å². The van der Waals surface area contributed by atoms with Crippen LogP contribution in [0.5, 0.6) is 0 Å². The second-order valence-corrected chi connectivity index (χ2v) is 6.04. The highest BCUT2D eigenvalue weighted by Gasteiger charge is 2.31. The number of piperidine rings is 1. The fraction of sp³-hybridized carbons (Fsp3) is 0.933. The van der Waals surface area contributed by atoms with E-state index in [0.717, 1.165) is 32.4 Å². The molecule has 19 heavy (non-hydrogen) atoms. The van der Waals surface area contributed by atoms with Gasteiger partial charge in [0, 0.05) is 25.7 Å². The minimum Gasteiger partial charge on any atom is -0.341 e. The summed E-state index contributed by atoms with van der Waals surface area (Å²) in [6, 6.07) is 0.597. The summed E-state index contributed by atoms with van der Waals surface area (Å²) in [5.74, 6) is 0.343. The summed E-state index contributed by atoms with van der Waals surface area (Å²) in [4.78, 5) is 17.2. The predicted octanol–water partition coefficient (Wildman–Crippen LogP) is 1.45. The van der Waals surface area contributed by atoms with Crippen molar-refractivity contribution in [3.8, 4) is 0 Å². The molecule has 0 aromatic heterocycles. The van der Waals surface area contributed by atoms with Gasteiger partial charge in [-0.05, 0) is 45.2 Å². The number of likely N-dealkylation sites (tertiary alicyclic amines) is 2. The van der Waals surface area contributed by atoms with Crippen LogP contribution in [0.1, 0.15) is 45.4 Å². The molecule has 2 rings (SSSR count). The van der Waals surface area contributed by atoms with E-state index in [4.69, 9.17) is 5.73 Å². The van der Waals surface area contributed by atoms with Crippen molar-refractivity contribution in [3.63, 3.8) is 0 Å². The Labute approximate surface area is 117 Å². The number of hydrogen-bond acceptors (Lipinski definition) is 3. The Bertz CT molecular complexity index is 289. The molecule has 0 bridgehead atoms. The monoisotopic (exact) mass is 267 g/mol. The SMILES string of the molecule is CCCC(CN)C(=O)N1CCCC(N2CCCC2)C1. The van der Waals surface area contributed by atoms with Gasteiger partial charge in [0.15, 0.2) is 0 Å². The topological polar surface area (TPSA) is 49.6 Å². The van der Waals surface area contributed by atoms with E-state index < -0.39 is 0 Å². The maximum absolute atomic E-state index is 12.5. The van der Waals surface area contributed by atoms with Crippen molar-refractivity contribution < 1.29 is 4.79 Å². The first-order valence-corrected chi connectivity index (χ1v) is 7.99. The first kappa shape index (κ1) is 14.8. The average Bonchev–Trinajstić information content (AvgIpc) is 2.98. The molecular formula is C15H29N3O. The van der Waals surface area contributed by atoms with Gasteiger partial charge in [-0.2, -0.15) is 0 Å². The molecule has 2 atom stereocenters. The van der Waals surface area contributed by atoms with Gasteiger partial charge < -0.3 is 10.6 Å². The van der Waals surface area contributed by atoms with Gasteiger partial charge in [-0.25, -0.2) is 0 Å². The summed E-state index contributed by atoms with van der Waals surface area (Å²) in [6.07, 6.45) is 7.02. The number of rotatable bonds is 5. The number of carbonyl (C=O) groups excluding carboxylic acids is 1. The molecular weight excluding hydrogens is 238 g/mol. The summed E-state index contributed by atoms with van der Waals surface area (Å²) in [6.45, 7) is 6.93. The molecule has 2 fully saturated rings. The fourth-order valence-electron chi connectivity index (χ4n) is 3.51. The normalized spacial score (nSPS) is 26.6. The zero-order valence-corrected chi connectivity index (χ0v) is 12.3. The molecule has 0 radical (unpaired) electrons. The highest BCUT2D eigenvalue weighted by Crippen LogP contribution is 2.22. The molecule has 2 N–H and O–H groups in total. The highest BCUT2D eigenvalue weighted by molar-refractivity contribution is 5.79. The van der Waals surface area contributed by atoms with Crippen LogP contribution < -0.4 is 5.73 Å². The van der Waals surface area contributed by atoms with Crippen LogP contribution in [0.3, 0.4) is 0 Å². The van der Waals surface area contributed by atoms with E-state index >= 15 is 0 Å². The molecule has 2 aliphatic heterocycles. The highest BCUT2D eigenvalue weighted by atomic mass is 16.2. The molecule has 2 unspecified atom stereocenters. The van der Waals surface area contributed by atoms with Crippen molar-refractivity contribution in [2.75, 3.05) is 32.7 Å². The molecule has 2 heterocycles. The zero-order valence-electron chi connectivity index (χ0n) is 12.3. The molecule has 1 amide bonds. The van der Waals surface area contributed by atoms with Crippen molar-refractivity contribution in [1.82, 2.24) is 9.80 Å². The lowest BCUT2D eigenvalue weighted by Gasteiger charge is -2.38. The number of nitrogens with zero attached hydrogens (tertiary/aromatic N) is 2. The third-order valence-corrected chi connectivity index (χ3v) is 4.64. The van der Waals surface area contributed by atoms with Gasteiger partial charge in [0.05, 0.1) is 5.92 Å². The first-order valence-electron chi connectivity index (χ1n) is 7.99. The lowest BCUT2D eigenvalue weighted by Crippen LogP contribution is -2.51. The number of carbonyl (C=O) groups is 1. The summed E-state index contributed by atoms with van der Waals surface area (Å²) >= 11 is 0. The van der Waals surface area contributed by atoms with Crippen LogP contribution in [0.2, 0.25) is 0 Å². The van der Waals surface area contributed by atoms with E-state index in [9.17, 15) is 4.79 Å². The van der Waals surface area contributed by atoms with Crippen LogP contribution >= 0.6 is 0 Å². The fourth-order valence-corrected chi connectivity index (χ4v) is 3.51. The third-order valence-electron chi connectivity index (χ3n) is 4.64. The third kappa shape index (κ3) is 3.69. The van der Waals surface area contributed by atoms with Crippen LogP contribution in [-0.4, -0.2) is 54.5 Å². The molecule has 0 spiro atoms. The van der Waals surface area contributed by atoms with Crippen molar-refractivity contribution >= 4 is 5.91 Å². The van der Waals surface area contributed by atoms with Gasteiger partial charge in [-0.3, -0.25) is 9.69 Å². The minimum absolute atomic E-state index is 0.0438.